The average Bonchev–Trinajstić information content (AvgIpc) is 2.42. The standard InChI is InChI=1S/C14H20N2O3/c1-5-10(2)14(18)16(9-13(17)19-4)12-8-6-7-11(3)15-12/h6-8,10H,5,9H2,1-4H3/t10-/m1/s1. The van der Waals surface area contributed by atoms with Gasteiger partial charge in [-0.2, -0.15) is 0 Å². The lowest BCUT2D eigenvalue weighted by Gasteiger charge is -2.23. The van der Waals surface area contributed by atoms with Gasteiger partial charge in [0.15, 0.2) is 0 Å². The van der Waals surface area contributed by atoms with Crippen molar-refractivity contribution in [3.8, 4) is 0 Å². The molecule has 19 heavy (non-hydrogen) atoms. The maximum Gasteiger partial charge on any atom is 0.325 e. The zero-order valence-corrected chi connectivity index (χ0v) is 11.8. The molecule has 1 aromatic rings. The van der Waals surface area contributed by atoms with Gasteiger partial charge >= 0.3 is 5.97 Å². The normalized spacial score (nSPS) is 11.8. The van der Waals surface area contributed by atoms with Gasteiger partial charge in [0, 0.05) is 11.6 Å². The van der Waals surface area contributed by atoms with E-state index in [2.05, 4.69) is 9.72 Å². The van der Waals surface area contributed by atoms with Crippen molar-refractivity contribution in [3.05, 3.63) is 23.9 Å². The summed E-state index contributed by atoms with van der Waals surface area (Å²) in [6.45, 7) is 5.49. The Labute approximate surface area is 113 Å². The first kappa shape index (κ1) is 15.1. The Morgan fingerprint density at radius 3 is 2.63 bits per heavy atom. The number of carbonyl (C=O) groups excluding carboxylic acids is 2. The lowest BCUT2D eigenvalue weighted by molar-refractivity contribution is -0.140. The molecule has 1 rings (SSSR count). The number of anilines is 1. The first-order valence-electron chi connectivity index (χ1n) is 6.31. The number of methoxy groups -OCH3 is 1. The highest BCUT2D eigenvalue weighted by atomic mass is 16.5. The van der Waals surface area contributed by atoms with Crippen molar-refractivity contribution in [2.45, 2.75) is 27.2 Å². The van der Waals surface area contributed by atoms with Crippen LogP contribution in [0.2, 0.25) is 0 Å². The number of ether oxygens (including phenoxy) is 1. The van der Waals surface area contributed by atoms with Crippen molar-refractivity contribution in [3.63, 3.8) is 0 Å². The lowest BCUT2D eigenvalue weighted by Crippen LogP contribution is -2.40. The van der Waals surface area contributed by atoms with Gasteiger partial charge in [-0.15, -0.1) is 0 Å². The maximum atomic E-state index is 12.3. The minimum absolute atomic E-state index is 0.115. The van der Waals surface area contributed by atoms with Crippen molar-refractivity contribution in [2.24, 2.45) is 5.92 Å². The molecule has 5 heteroatoms. The number of aromatic nitrogens is 1. The molecule has 0 aliphatic heterocycles. The number of carbonyl (C=O) groups is 2. The zero-order chi connectivity index (χ0) is 14.4. The van der Waals surface area contributed by atoms with E-state index >= 15 is 0 Å². The van der Waals surface area contributed by atoms with Gasteiger partial charge in [0.05, 0.1) is 7.11 Å². The third-order valence-electron chi connectivity index (χ3n) is 2.97. The van der Waals surface area contributed by atoms with Crippen LogP contribution in [0.15, 0.2) is 18.2 Å². The summed E-state index contributed by atoms with van der Waals surface area (Å²) >= 11 is 0. The van der Waals surface area contributed by atoms with Gasteiger partial charge < -0.3 is 4.74 Å². The van der Waals surface area contributed by atoms with Crippen LogP contribution in [0.3, 0.4) is 0 Å². The maximum absolute atomic E-state index is 12.3. The van der Waals surface area contributed by atoms with Crippen LogP contribution >= 0.6 is 0 Å². The molecule has 1 heterocycles. The molecule has 0 aliphatic carbocycles. The number of pyridine rings is 1. The fourth-order valence-electron chi connectivity index (χ4n) is 1.59. The molecule has 5 nitrogen and oxygen atoms in total. The van der Waals surface area contributed by atoms with Crippen LogP contribution in [-0.4, -0.2) is 30.5 Å². The fourth-order valence-corrected chi connectivity index (χ4v) is 1.59. The van der Waals surface area contributed by atoms with Crippen molar-refractivity contribution < 1.29 is 14.3 Å². The first-order chi connectivity index (χ1) is 8.99. The van der Waals surface area contributed by atoms with Crippen molar-refractivity contribution >= 4 is 17.7 Å². The number of aryl methyl sites for hydroxylation is 1. The average molecular weight is 264 g/mol. The minimum Gasteiger partial charge on any atom is -0.468 e. The molecular formula is C14H20N2O3. The first-order valence-corrected chi connectivity index (χ1v) is 6.31. The summed E-state index contributed by atoms with van der Waals surface area (Å²) in [6.07, 6.45) is 0.711. The van der Waals surface area contributed by atoms with Crippen LogP contribution in [0.25, 0.3) is 0 Å². The molecule has 0 saturated carbocycles. The number of hydrogen-bond acceptors (Lipinski definition) is 4. The predicted molar refractivity (Wildman–Crippen MR) is 72.8 cm³/mol. The summed E-state index contributed by atoms with van der Waals surface area (Å²) in [5, 5.41) is 0. The Bertz CT molecular complexity index is 460. The number of amides is 1. The van der Waals surface area contributed by atoms with E-state index in [1.165, 1.54) is 12.0 Å². The summed E-state index contributed by atoms with van der Waals surface area (Å²) < 4.78 is 4.64. The van der Waals surface area contributed by atoms with Crippen molar-refractivity contribution in [2.75, 3.05) is 18.6 Å². The van der Waals surface area contributed by atoms with Crippen LogP contribution in [0.4, 0.5) is 5.82 Å². The second-order valence-electron chi connectivity index (χ2n) is 4.45. The van der Waals surface area contributed by atoms with E-state index in [-0.39, 0.29) is 18.4 Å². The number of nitrogens with zero attached hydrogens (tertiary/aromatic N) is 2. The fraction of sp³-hybridized carbons (Fsp3) is 0.500. The molecule has 0 saturated heterocycles. The van der Waals surface area contributed by atoms with E-state index in [1.54, 1.807) is 6.07 Å². The van der Waals surface area contributed by atoms with Crippen molar-refractivity contribution in [1.82, 2.24) is 4.98 Å². The van der Waals surface area contributed by atoms with E-state index in [4.69, 9.17) is 0 Å². The zero-order valence-electron chi connectivity index (χ0n) is 11.8. The highest BCUT2D eigenvalue weighted by molar-refractivity contribution is 5.98. The summed E-state index contributed by atoms with van der Waals surface area (Å²) in [5.41, 5.74) is 0.796. The smallest absolute Gasteiger partial charge is 0.325 e. The second-order valence-corrected chi connectivity index (χ2v) is 4.45. The number of hydrogen-bond donors (Lipinski definition) is 0. The van der Waals surface area contributed by atoms with Crippen molar-refractivity contribution in [1.29, 1.82) is 0 Å². The monoisotopic (exact) mass is 264 g/mol. The van der Waals surface area contributed by atoms with Gasteiger partial charge in [0.2, 0.25) is 5.91 Å². The molecule has 1 aromatic heterocycles. The third kappa shape index (κ3) is 4.05. The quantitative estimate of drug-likeness (QED) is 0.763. The molecule has 0 bridgehead atoms. The van der Waals surface area contributed by atoms with E-state index in [9.17, 15) is 9.59 Å². The highest BCUT2D eigenvalue weighted by Crippen LogP contribution is 2.16. The van der Waals surface area contributed by atoms with E-state index in [1.807, 2.05) is 32.9 Å². The molecule has 1 atom stereocenters. The molecule has 0 N–H and O–H groups in total. The van der Waals surface area contributed by atoms with Crippen LogP contribution < -0.4 is 4.90 Å². The molecule has 0 unspecified atom stereocenters. The van der Waals surface area contributed by atoms with Gasteiger partial charge in [-0.05, 0) is 25.5 Å². The minimum atomic E-state index is -0.458. The summed E-state index contributed by atoms with van der Waals surface area (Å²) in [4.78, 5) is 29.4. The summed E-state index contributed by atoms with van der Waals surface area (Å²) in [6, 6.07) is 5.37. The Morgan fingerprint density at radius 2 is 2.11 bits per heavy atom. The Hall–Kier alpha value is -1.91. The Morgan fingerprint density at radius 1 is 1.42 bits per heavy atom. The lowest BCUT2D eigenvalue weighted by atomic mass is 10.1. The van der Waals surface area contributed by atoms with Gasteiger partial charge in [0.1, 0.15) is 12.4 Å². The van der Waals surface area contributed by atoms with E-state index in [0.717, 1.165) is 5.69 Å². The highest BCUT2D eigenvalue weighted by Gasteiger charge is 2.24. The Balaban J connectivity index is 3.04. The SMILES string of the molecule is CC[C@@H](C)C(=O)N(CC(=O)OC)c1cccc(C)n1. The molecular weight excluding hydrogens is 244 g/mol. The van der Waals surface area contributed by atoms with Crippen LogP contribution in [-0.2, 0) is 14.3 Å². The second kappa shape index (κ2) is 6.87. The molecule has 0 aromatic carbocycles. The third-order valence-corrected chi connectivity index (χ3v) is 2.97. The molecule has 0 aliphatic rings. The largest absolute Gasteiger partial charge is 0.468 e. The molecule has 0 fully saturated rings. The van der Waals surface area contributed by atoms with Crippen LogP contribution in [0.1, 0.15) is 26.0 Å². The summed E-state index contributed by atoms with van der Waals surface area (Å²) in [7, 11) is 1.30. The van der Waals surface area contributed by atoms with Gasteiger partial charge in [-0.25, -0.2) is 4.98 Å². The molecule has 0 radical (unpaired) electrons. The van der Waals surface area contributed by atoms with Gasteiger partial charge in [-0.1, -0.05) is 19.9 Å². The van der Waals surface area contributed by atoms with E-state index in [0.29, 0.717) is 12.2 Å². The molecule has 0 spiro atoms. The number of rotatable bonds is 5. The molecule has 104 valence electrons. The predicted octanol–water partition coefficient (Wildman–Crippen LogP) is 1.94. The Kier molecular flexibility index (Phi) is 5.48. The molecule has 1 amide bonds. The summed E-state index contributed by atoms with van der Waals surface area (Å²) in [5.74, 6) is -0.256. The van der Waals surface area contributed by atoms with Crippen LogP contribution in [0.5, 0.6) is 0 Å². The van der Waals surface area contributed by atoms with Crippen LogP contribution in [0, 0.1) is 12.8 Å². The van der Waals surface area contributed by atoms with Gasteiger partial charge in [-0.3, -0.25) is 14.5 Å². The van der Waals surface area contributed by atoms with Gasteiger partial charge in [0.25, 0.3) is 0 Å². The number of esters is 1. The topological polar surface area (TPSA) is 59.5 Å². The van der Waals surface area contributed by atoms with E-state index < -0.39 is 5.97 Å².